The Hall–Kier alpha value is -4.05. The van der Waals surface area contributed by atoms with Crippen LogP contribution in [0.5, 0.6) is 0 Å². The molecule has 1 amide bonds. The monoisotopic (exact) mass is 467 g/mol. The molecular formula is C24H25N3O7. The molecule has 3 atom stereocenters. The Morgan fingerprint density at radius 1 is 1.12 bits per heavy atom. The minimum absolute atomic E-state index is 0.0843. The molecule has 2 aromatic rings. The molecule has 1 saturated heterocycles. The van der Waals surface area contributed by atoms with Gasteiger partial charge in [0.2, 0.25) is 0 Å². The normalized spacial score (nSPS) is 19.9. The number of carbonyl (C=O) groups is 3. The van der Waals surface area contributed by atoms with Gasteiger partial charge in [0.15, 0.2) is 0 Å². The molecule has 1 N–H and O–H groups in total. The summed E-state index contributed by atoms with van der Waals surface area (Å²) in [6, 6.07) is 9.98. The summed E-state index contributed by atoms with van der Waals surface area (Å²) in [5.41, 5.74) is -0.241. The molecule has 1 aliphatic heterocycles. The second-order valence-corrected chi connectivity index (χ2v) is 7.29. The van der Waals surface area contributed by atoms with Crippen molar-refractivity contribution >= 4 is 23.7 Å². The highest BCUT2D eigenvalue weighted by molar-refractivity contribution is 6.03. The molecule has 0 saturated carbocycles. The number of nitrogens with zero attached hydrogens (tertiary/aromatic N) is 2. The molecule has 1 aliphatic rings. The number of hydrogen-bond acceptors (Lipinski definition) is 8. The number of aromatic nitrogens is 2. The second-order valence-electron chi connectivity index (χ2n) is 7.29. The first-order chi connectivity index (χ1) is 16.4. The predicted molar refractivity (Wildman–Crippen MR) is 122 cm³/mol. The molecule has 2 heterocycles. The maximum absolute atomic E-state index is 12.6. The van der Waals surface area contributed by atoms with Crippen LogP contribution in [0.4, 0.5) is 5.82 Å². The highest BCUT2D eigenvalue weighted by Crippen LogP contribution is 2.30. The van der Waals surface area contributed by atoms with Crippen LogP contribution in [0.2, 0.25) is 0 Å². The van der Waals surface area contributed by atoms with E-state index in [-0.39, 0.29) is 18.8 Å². The van der Waals surface area contributed by atoms with Gasteiger partial charge in [0.25, 0.3) is 5.91 Å². The van der Waals surface area contributed by atoms with E-state index in [4.69, 9.17) is 14.2 Å². The van der Waals surface area contributed by atoms with Crippen LogP contribution in [0, 0.1) is 0 Å². The van der Waals surface area contributed by atoms with Gasteiger partial charge >= 0.3 is 17.6 Å². The van der Waals surface area contributed by atoms with Crippen molar-refractivity contribution in [1.82, 2.24) is 9.55 Å². The highest BCUT2D eigenvalue weighted by atomic mass is 16.6. The van der Waals surface area contributed by atoms with Crippen LogP contribution in [-0.4, -0.2) is 46.2 Å². The summed E-state index contributed by atoms with van der Waals surface area (Å²) in [5.74, 6) is -1.46. The molecular weight excluding hydrogens is 442 g/mol. The highest BCUT2D eigenvalue weighted by Gasteiger charge is 2.40. The summed E-state index contributed by atoms with van der Waals surface area (Å²) in [7, 11) is 0. The lowest BCUT2D eigenvalue weighted by Gasteiger charge is -2.18. The number of allylic oxidation sites excluding steroid dienone is 2. The quantitative estimate of drug-likeness (QED) is 0.463. The minimum Gasteiger partial charge on any atom is -0.460 e. The number of esters is 2. The van der Waals surface area contributed by atoms with Crippen molar-refractivity contribution < 1.29 is 28.6 Å². The Morgan fingerprint density at radius 3 is 2.50 bits per heavy atom. The summed E-state index contributed by atoms with van der Waals surface area (Å²) < 4.78 is 17.7. The minimum atomic E-state index is -0.812. The largest absolute Gasteiger partial charge is 0.460 e. The van der Waals surface area contributed by atoms with Gasteiger partial charge in [-0.25, -0.2) is 14.4 Å². The van der Waals surface area contributed by atoms with Gasteiger partial charge in [0.05, 0.1) is 0 Å². The van der Waals surface area contributed by atoms with Crippen LogP contribution >= 0.6 is 0 Å². The molecule has 0 spiro atoms. The lowest BCUT2D eigenvalue weighted by atomic mass is 10.2. The number of amides is 1. The molecule has 0 radical (unpaired) electrons. The van der Waals surface area contributed by atoms with Crippen molar-refractivity contribution in [3.63, 3.8) is 0 Å². The Kier molecular flexibility index (Phi) is 8.47. The average molecular weight is 467 g/mol. The van der Waals surface area contributed by atoms with E-state index in [9.17, 15) is 19.2 Å². The van der Waals surface area contributed by atoms with Crippen LogP contribution in [0.25, 0.3) is 0 Å². The van der Waals surface area contributed by atoms with Gasteiger partial charge in [-0.2, -0.15) is 4.98 Å². The first-order valence-corrected chi connectivity index (χ1v) is 10.6. The maximum atomic E-state index is 12.6. The molecule has 3 rings (SSSR count). The SMILES string of the molecule is C/C=C/C(=O)OC[C@H]1O[C@@H](n2ccc(NC(=O)c3ccccc3)nc2=O)C[C@@H]1OC(=O)/C=C/C. The van der Waals surface area contributed by atoms with E-state index in [0.29, 0.717) is 5.56 Å². The number of hydrogen-bond donors (Lipinski definition) is 1. The smallest absolute Gasteiger partial charge is 0.351 e. The van der Waals surface area contributed by atoms with Gasteiger partial charge in [-0.15, -0.1) is 0 Å². The van der Waals surface area contributed by atoms with Crippen LogP contribution in [0.15, 0.2) is 71.7 Å². The van der Waals surface area contributed by atoms with E-state index in [2.05, 4.69) is 10.3 Å². The summed E-state index contributed by atoms with van der Waals surface area (Å²) in [5, 5.41) is 2.57. The van der Waals surface area contributed by atoms with Gasteiger partial charge < -0.3 is 19.5 Å². The first-order valence-electron chi connectivity index (χ1n) is 10.6. The molecule has 0 unspecified atom stereocenters. The summed E-state index contributed by atoms with van der Waals surface area (Å²) in [4.78, 5) is 52.5. The Bertz CT molecular complexity index is 1140. The fraction of sp³-hybridized carbons (Fsp3) is 0.292. The number of carbonyl (C=O) groups excluding carboxylic acids is 3. The van der Waals surface area contributed by atoms with E-state index in [1.807, 2.05) is 0 Å². The summed E-state index contributed by atoms with van der Waals surface area (Å²) in [6.45, 7) is 3.19. The molecule has 10 nitrogen and oxygen atoms in total. The van der Waals surface area contributed by atoms with E-state index in [0.717, 1.165) is 0 Å². The van der Waals surface area contributed by atoms with E-state index in [1.165, 1.54) is 41.1 Å². The van der Waals surface area contributed by atoms with Crippen LogP contribution in [0.3, 0.4) is 0 Å². The molecule has 1 aromatic heterocycles. The molecule has 178 valence electrons. The number of anilines is 1. The van der Waals surface area contributed by atoms with Crippen LogP contribution in [0.1, 0.15) is 36.9 Å². The van der Waals surface area contributed by atoms with Gasteiger partial charge in [0.1, 0.15) is 30.9 Å². The third kappa shape index (κ3) is 6.48. The van der Waals surface area contributed by atoms with E-state index in [1.54, 1.807) is 44.2 Å². The van der Waals surface area contributed by atoms with E-state index < -0.39 is 42.0 Å². The van der Waals surface area contributed by atoms with Crippen molar-refractivity contribution in [2.24, 2.45) is 0 Å². The lowest BCUT2D eigenvalue weighted by Crippen LogP contribution is -2.31. The van der Waals surface area contributed by atoms with Crippen LogP contribution in [-0.2, 0) is 23.8 Å². The molecule has 1 fully saturated rings. The molecule has 0 bridgehead atoms. The fourth-order valence-electron chi connectivity index (χ4n) is 3.30. The fourth-order valence-corrected chi connectivity index (χ4v) is 3.30. The Balaban J connectivity index is 1.73. The third-order valence-electron chi connectivity index (χ3n) is 4.86. The number of nitrogens with one attached hydrogen (secondary N) is 1. The zero-order valence-corrected chi connectivity index (χ0v) is 18.7. The first kappa shape index (κ1) is 24.6. The van der Waals surface area contributed by atoms with Crippen LogP contribution < -0.4 is 11.0 Å². The van der Waals surface area contributed by atoms with Crippen molar-refractivity contribution in [1.29, 1.82) is 0 Å². The molecule has 1 aromatic carbocycles. The average Bonchev–Trinajstić information content (AvgIpc) is 3.20. The van der Waals surface area contributed by atoms with Crippen molar-refractivity contribution in [2.45, 2.75) is 38.7 Å². The van der Waals surface area contributed by atoms with Crippen molar-refractivity contribution in [3.05, 3.63) is 82.9 Å². The topological polar surface area (TPSA) is 126 Å². The summed E-state index contributed by atoms with van der Waals surface area (Å²) >= 11 is 0. The Labute approximate surface area is 195 Å². The van der Waals surface area contributed by atoms with Gasteiger partial charge in [0, 0.05) is 30.3 Å². The second kappa shape index (κ2) is 11.7. The maximum Gasteiger partial charge on any atom is 0.351 e. The van der Waals surface area contributed by atoms with Crippen molar-refractivity contribution in [2.75, 3.05) is 11.9 Å². The van der Waals surface area contributed by atoms with E-state index >= 15 is 0 Å². The molecule has 10 heteroatoms. The number of ether oxygens (including phenoxy) is 3. The zero-order valence-electron chi connectivity index (χ0n) is 18.7. The standard InChI is InChI=1S/C24H25N3O7/c1-3-8-21(28)32-15-18-17(34-22(29)9-4-2)14-20(33-18)27-13-12-19(26-24(27)31)25-23(30)16-10-6-5-7-11-16/h3-13,17-18,20H,14-15H2,1-2H3,(H,25,26,30,31)/b8-3+,9-4+/t17-,18+,20+/m0/s1. The predicted octanol–water partition coefficient (Wildman–Crippen LogP) is 2.39. The number of benzene rings is 1. The number of rotatable bonds is 8. The molecule has 34 heavy (non-hydrogen) atoms. The van der Waals surface area contributed by atoms with Gasteiger partial charge in [-0.05, 0) is 32.0 Å². The zero-order chi connectivity index (χ0) is 24.5. The summed E-state index contributed by atoms with van der Waals surface area (Å²) in [6.07, 6.45) is 4.81. The van der Waals surface area contributed by atoms with Crippen molar-refractivity contribution in [3.8, 4) is 0 Å². The Morgan fingerprint density at radius 2 is 1.82 bits per heavy atom. The third-order valence-corrected chi connectivity index (χ3v) is 4.86. The lowest BCUT2D eigenvalue weighted by molar-refractivity contribution is -0.152. The van der Waals surface area contributed by atoms with Gasteiger partial charge in [-0.3, -0.25) is 9.36 Å². The molecule has 0 aliphatic carbocycles. The van der Waals surface area contributed by atoms with Gasteiger partial charge in [-0.1, -0.05) is 30.4 Å².